The highest BCUT2D eigenvalue weighted by Gasteiger charge is 2.36. The van der Waals surface area contributed by atoms with Gasteiger partial charge in [0.1, 0.15) is 17.0 Å². The van der Waals surface area contributed by atoms with Gasteiger partial charge in [-0.25, -0.2) is 9.97 Å². The van der Waals surface area contributed by atoms with Crippen LogP contribution in [-0.4, -0.2) is 26.6 Å². The number of hydrogen-bond acceptors (Lipinski definition) is 5. The molecule has 0 unspecified atom stereocenters. The molecule has 20 heavy (non-hydrogen) atoms. The van der Waals surface area contributed by atoms with E-state index in [4.69, 9.17) is 5.11 Å². The Hall–Kier alpha value is -1.69. The van der Waals surface area contributed by atoms with Crippen LogP contribution < -0.4 is 5.32 Å². The summed E-state index contributed by atoms with van der Waals surface area (Å²) < 4.78 is 0. The van der Waals surface area contributed by atoms with Gasteiger partial charge in [0, 0.05) is 10.4 Å². The molecule has 0 aromatic carbocycles. The van der Waals surface area contributed by atoms with Crippen molar-refractivity contribution in [2.24, 2.45) is 0 Å². The van der Waals surface area contributed by atoms with Gasteiger partial charge in [-0.1, -0.05) is 12.8 Å². The van der Waals surface area contributed by atoms with Gasteiger partial charge in [0.2, 0.25) is 0 Å². The fourth-order valence-electron chi connectivity index (χ4n) is 3.01. The molecule has 0 saturated heterocycles. The summed E-state index contributed by atoms with van der Waals surface area (Å²) in [4.78, 5) is 21.9. The zero-order chi connectivity index (χ0) is 14.2. The first-order valence-corrected chi connectivity index (χ1v) is 7.61. The van der Waals surface area contributed by atoms with Gasteiger partial charge in [0.15, 0.2) is 0 Å². The molecule has 3 rings (SSSR count). The minimum Gasteiger partial charge on any atom is -0.481 e. The summed E-state index contributed by atoms with van der Waals surface area (Å²) in [6.07, 6.45) is 5.59. The van der Waals surface area contributed by atoms with E-state index in [0.717, 1.165) is 41.7 Å². The van der Waals surface area contributed by atoms with Crippen molar-refractivity contribution in [3.05, 3.63) is 17.3 Å². The molecule has 2 aromatic rings. The predicted octanol–water partition coefficient (Wildman–Crippen LogP) is 3.20. The van der Waals surface area contributed by atoms with Crippen LogP contribution in [0.2, 0.25) is 0 Å². The van der Waals surface area contributed by atoms with Gasteiger partial charge in [-0.2, -0.15) is 0 Å². The first kappa shape index (κ1) is 13.3. The van der Waals surface area contributed by atoms with E-state index in [9.17, 15) is 4.79 Å². The fraction of sp³-hybridized carbons (Fsp3) is 0.500. The Bertz CT molecular complexity index is 647. The SMILES string of the molecule is Cc1cc2c(NC3(CC(=O)O)CCCC3)ncnc2s1. The lowest BCUT2D eigenvalue weighted by Crippen LogP contribution is -2.37. The van der Waals surface area contributed by atoms with Crippen LogP contribution in [-0.2, 0) is 4.79 Å². The van der Waals surface area contributed by atoms with Crippen LogP contribution in [0.15, 0.2) is 12.4 Å². The molecular formula is C14H17N3O2S. The van der Waals surface area contributed by atoms with Crippen LogP contribution in [0.5, 0.6) is 0 Å². The van der Waals surface area contributed by atoms with Crippen LogP contribution in [0.1, 0.15) is 37.0 Å². The van der Waals surface area contributed by atoms with Crippen LogP contribution >= 0.6 is 11.3 Å². The van der Waals surface area contributed by atoms with Crippen molar-refractivity contribution in [2.75, 3.05) is 5.32 Å². The average Bonchev–Trinajstić information content (AvgIpc) is 2.95. The molecule has 1 fully saturated rings. The summed E-state index contributed by atoms with van der Waals surface area (Å²) in [5.41, 5.74) is -0.358. The third-order valence-corrected chi connectivity index (χ3v) is 4.84. The molecule has 2 aromatic heterocycles. The number of hydrogen-bond donors (Lipinski definition) is 2. The summed E-state index contributed by atoms with van der Waals surface area (Å²) in [7, 11) is 0. The van der Waals surface area contributed by atoms with Crippen molar-refractivity contribution in [1.82, 2.24) is 9.97 Å². The van der Waals surface area contributed by atoms with E-state index in [-0.39, 0.29) is 12.0 Å². The largest absolute Gasteiger partial charge is 0.481 e. The maximum atomic E-state index is 11.1. The molecule has 5 nitrogen and oxygen atoms in total. The molecule has 1 aliphatic carbocycles. The highest BCUT2D eigenvalue weighted by Crippen LogP contribution is 2.37. The summed E-state index contributed by atoms with van der Waals surface area (Å²) >= 11 is 1.63. The Morgan fingerprint density at radius 3 is 2.90 bits per heavy atom. The summed E-state index contributed by atoms with van der Waals surface area (Å²) in [5.74, 6) is 0.00805. The van der Waals surface area contributed by atoms with E-state index >= 15 is 0 Å². The lowest BCUT2D eigenvalue weighted by atomic mass is 9.93. The van der Waals surface area contributed by atoms with E-state index in [2.05, 4.69) is 21.4 Å². The molecule has 2 heterocycles. The third kappa shape index (κ3) is 2.47. The van der Waals surface area contributed by atoms with Crippen LogP contribution in [0.3, 0.4) is 0 Å². The minimum atomic E-state index is -0.758. The van der Waals surface area contributed by atoms with Crippen LogP contribution in [0.25, 0.3) is 10.2 Å². The Morgan fingerprint density at radius 1 is 1.45 bits per heavy atom. The molecule has 0 spiro atoms. The second-order valence-electron chi connectivity index (χ2n) is 5.48. The molecule has 0 bridgehead atoms. The number of rotatable bonds is 4. The topological polar surface area (TPSA) is 75.1 Å². The highest BCUT2D eigenvalue weighted by molar-refractivity contribution is 7.18. The zero-order valence-electron chi connectivity index (χ0n) is 11.3. The van der Waals surface area contributed by atoms with E-state index in [1.54, 1.807) is 17.7 Å². The molecule has 1 saturated carbocycles. The van der Waals surface area contributed by atoms with Crippen molar-refractivity contribution >= 4 is 33.3 Å². The number of carbonyl (C=O) groups is 1. The second-order valence-corrected chi connectivity index (χ2v) is 6.72. The van der Waals surface area contributed by atoms with Crippen LogP contribution in [0, 0.1) is 6.92 Å². The number of aromatic nitrogens is 2. The van der Waals surface area contributed by atoms with Gasteiger partial charge in [-0.05, 0) is 25.8 Å². The number of fused-ring (bicyclic) bond motifs is 1. The molecule has 1 aliphatic rings. The van der Waals surface area contributed by atoms with Gasteiger partial charge in [0.05, 0.1) is 11.8 Å². The predicted molar refractivity (Wildman–Crippen MR) is 79.2 cm³/mol. The summed E-state index contributed by atoms with van der Waals surface area (Å²) in [6, 6.07) is 2.06. The maximum absolute atomic E-state index is 11.1. The molecule has 0 amide bonds. The number of thiophene rings is 1. The maximum Gasteiger partial charge on any atom is 0.305 e. The van der Waals surface area contributed by atoms with E-state index < -0.39 is 5.97 Å². The Balaban J connectivity index is 1.96. The number of anilines is 1. The zero-order valence-corrected chi connectivity index (χ0v) is 12.2. The number of nitrogens with one attached hydrogen (secondary N) is 1. The van der Waals surface area contributed by atoms with Gasteiger partial charge in [0.25, 0.3) is 0 Å². The number of aryl methyl sites for hydroxylation is 1. The Labute approximate surface area is 121 Å². The molecule has 0 atom stereocenters. The lowest BCUT2D eigenvalue weighted by Gasteiger charge is -2.29. The first-order valence-electron chi connectivity index (χ1n) is 6.79. The normalized spacial score (nSPS) is 17.4. The van der Waals surface area contributed by atoms with E-state index in [1.165, 1.54) is 4.88 Å². The number of aliphatic carboxylic acids is 1. The minimum absolute atomic E-state index is 0.140. The molecule has 0 aliphatic heterocycles. The Morgan fingerprint density at radius 2 is 2.20 bits per heavy atom. The standard InChI is InChI=1S/C14H17N3O2S/c1-9-6-10-12(15-8-16-13(10)20-9)17-14(7-11(18)19)4-2-3-5-14/h6,8H,2-5,7H2,1H3,(H,18,19)(H,15,16,17). The van der Waals surface area contributed by atoms with E-state index in [1.807, 2.05) is 6.92 Å². The molecular weight excluding hydrogens is 274 g/mol. The number of carboxylic acids is 1. The quantitative estimate of drug-likeness (QED) is 0.904. The summed E-state index contributed by atoms with van der Waals surface area (Å²) in [5, 5.41) is 13.6. The van der Waals surface area contributed by atoms with Gasteiger partial charge in [-0.3, -0.25) is 4.79 Å². The van der Waals surface area contributed by atoms with Crippen molar-refractivity contribution in [2.45, 2.75) is 44.6 Å². The average molecular weight is 291 g/mol. The van der Waals surface area contributed by atoms with Gasteiger partial charge in [-0.15, -0.1) is 11.3 Å². The fourth-order valence-corrected chi connectivity index (χ4v) is 3.86. The van der Waals surface area contributed by atoms with Crippen molar-refractivity contribution < 1.29 is 9.90 Å². The van der Waals surface area contributed by atoms with Crippen LogP contribution in [0.4, 0.5) is 5.82 Å². The summed E-state index contributed by atoms with van der Waals surface area (Å²) in [6.45, 7) is 2.04. The molecule has 6 heteroatoms. The highest BCUT2D eigenvalue weighted by atomic mass is 32.1. The lowest BCUT2D eigenvalue weighted by molar-refractivity contribution is -0.138. The number of carboxylic acid groups (broad SMARTS) is 1. The third-order valence-electron chi connectivity index (χ3n) is 3.89. The Kier molecular flexibility index (Phi) is 3.33. The van der Waals surface area contributed by atoms with Gasteiger partial charge >= 0.3 is 5.97 Å². The smallest absolute Gasteiger partial charge is 0.305 e. The second kappa shape index (κ2) is 5.01. The van der Waals surface area contributed by atoms with Gasteiger partial charge < -0.3 is 10.4 Å². The molecule has 0 radical (unpaired) electrons. The van der Waals surface area contributed by atoms with Crippen molar-refractivity contribution in [1.29, 1.82) is 0 Å². The number of nitrogens with zero attached hydrogens (tertiary/aromatic N) is 2. The van der Waals surface area contributed by atoms with Crippen molar-refractivity contribution in [3.63, 3.8) is 0 Å². The monoisotopic (exact) mass is 291 g/mol. The molecule has 106 valence electrons. The van der Waals surface area contributed by atoms with E-state index in [0.29, 0.717) is 0 Å². The first-order chi connectivity index (χ1) is 9.58. The molecule has 2 N–H and O–H groups in total. The van der Waals surface area contributed by atoms with Crippen molar-refractivity contribution in [3.8, 4) is 0 Å².